The van der Waals surface area contributed by atoms with Crippen LogP contribution >= 0.6 is 0 Å². The van der Waals surface area contributed by atoms with E-state index in [2.05, 4.69) is 0 Å². The maximum Gasteiger partial charge on any atom is 0.407 e. The highest BCUT2D eigenvalue weighted by molar-refractivity contribution is 6.21. The summed E-state index contributed by atoms with van der Waals surface area (Å²) in [6.45, 7) is 2.69. The molecule has 2 unspecified atom stereocenters. The second kappa shape index (κ2) is 7.61. The minimum atomic E-state index is -3.14. The van der Waals surface area contributed by atoms with Crippen LogP contribution in [0, 0.1) is 11.3 Å². The van der Waals surface area contributed by atoms with E-state index in [9.17, 15) is 19.5 Å². The fourth-order valence-electron chi connectivity index (χ4n) is 4.43. The lowest BCUT2D eigenvalue weighted by atomic mass is 9.69. The standard InChI is InChI=1S/C21H27F2N3O4/c1-20(2,9-10-26-17(27)13-7-5-6-8-14(13)18(26)28)15-11-25(19(29)30)12-16(24(3)4)21(15,22)23/h5-8,15-16H,9-12H2,1-4H3,(H,29,30). The van der Waals surface area contributed by atoms with E-state index < -0.39 is 41.2 Å². The molecule has 3 rings (SSSR count). The van der Waals surface area contributed by atoms with E-state index in [0.29, 0.717) is 11.1 Å². The number of halogens is 2. The van der Waals surface area contributed by atoms with E-state index in [0.717, 1.165) is 9.80 Å². The van der Waals surface area contributed by atoms with Gasteiger partial charge in [0.2, 0.25) is 0 Å². The quantitative estimate of drug-likeness (QED) is 0.737. The molecule has 9 heteroatoms. The molecule has 1 saturated heterocycles. The van der Waals surface area contributed by atoms with Crippen LogP contribution < -0.4 is 0 Å². The summed E-state index contributed by atoms with van der Waals surface area (Å²) in [4.78, 5) is 40.2. The molecule has 0 aromatic heterocycles. The number of piperidine rings is 1. The number of carbonyl (C=O) groups is 3. The Balaban J connectivity index is 1.81. The number of hydrogen-bond donors (Lipinski definition) is 1. The molecule has 7 nitrogen and oxygen atoms in total. The number of carbonyl (C=O) groups excluding carboxylic acids is 2. The van der Waals surface area contributed by atoms with E-state index in [1.165, 1.54) is 19.0 Å². The van der Waals surface area contributed by atoms with Crippen LogP contribution in [0.4, 0.5) is 13.6 Å². The maximum atomic E-state index is 15.4. The number of benzene rings is 1. The van der Waals surface area contributed by atoms with Crippen LogP contribution in [0.5, 0.6) is 0 Å². The number of rotatable bonds is 5. The topological polar surface area (TPSA) is 81.2 Å². The molecule has 0 aliphatic carbocycles. The van der Waals surface area contributed by atoms with Crippen molar-refractivity contribution >= 4 is 17.9 Å². The van der Waals surface area contributed by atoms with Gasteiger partial charge in [0.25, 0.3) is 17.7 Å². The summed E-state index contributed by atoms with van der Waals surface area (Å²) in [7, 11) is 3.01. The van der Waals surface area contributed by atoms with Gasteiger partial charge >= 0.3 is 6.09 Å². The Hall–Kier alpha value is -2.55. The van der Waals surface area contributed by atoms with Crippen LogP contribution in [-0.2, 0) is 0 Å². The zero-order valence-corrected chi connectivity index (χ0v) is 17.6. The van der Waals surface area contributed by atoms with Crippen LogP contribution in [0.15, 0.2) is 24.3 Å². The first-order valence-corrected chi connectivity index (χ1v) is 9.85. The number of alkyl halides is 2. The Morgan fingerprint density at radius 1 is 1.17 bits per heavy atom. The first-order chi connectivity index (χ1) is 13.9. The van der Waals surface area contributed by atoms with Crippen molar-refractivity contribution in [1.29, 1.82) is 0 Å². The number of likely N-dealkylation sites (N-methyl/N-ethyl adjacent to an activating group) is 1. The fourth-order valence-corrected chi connectivity index (χ4v) is 4.43. The monoisotopic (exact) mass is 423 g/mol. The molecule has 0 saturated carbocycles. The van der Waals surface area contributed by atoms with Crippen molar-refractivity contribution in [2.45, 2.75) is 32.2 Å². The Morgan fingerprint density at radius 2 is 1.70 bits per heavy atom. The highest BCUT2D eigenvalue weighted by atomic mass is 19.3. The van der Waals surface area contributed by atoms with E-state index in [1.54, 1.807) is 38.1 Å². The van der Waals surface area contributed by atoms with Gasteiger partial charge in [0.1, 0.15) is 0 Å². The Morgan fingerprint density at radius 3 is 2.17 bits per heavy atom. The van der Waals surface area contributed by atoms with Gasteiger partial charge in [-0.3, -0.25) is 19.4 Å². The second-order valence-corrected chi connectivity index (χ2v) is 8.94. The molecule has 3 amide bonds. The molecule has 1 fully saturated rings. The normalized spacial score (nSPS) is 23.8. The van der Waals surface area contributed by atoms with E-state index in [1.807, 2.05) is 0 Å². The second-order valence-electron chi connectivity index (χ2n) is 8.94. The third-order valence-electron chi connectivity index (χ3n) is 6.40. The van der Waals surface area contributed by atoms with E-state index >= 15 is 8.78 Å². The molecule has 0 bridgehead atoms. The number of imide groups is 1. The van der Waals surface area contributed by atoms with Gasteiger partial charge < -0.3 is 10.0 Å². The summed E-state index contributed by atoms with van der Waals surface area (Å²) in [5.74, 6) is -5.27. The fraction of sp³-hybridized carbons (Fsp3) is 0.571. The Bertz CT molecular complexity index is 837. The van der Waals surface area contributed by atoms with Crippen molar-refractivity contribution in [2.24, 2.45) is 11.3 Å². The average molecular weight is 423 g/mol. The van der Waals surface area contributed by atoms with Crippen LogP contribution in [0.3, 0.4) is 0 Å². The highest BCUT2D eigenvalue weighted by Gasteiger charge is 2.58. The molecule has 0 spiro atoms. The lowest BCUT2D eigenvalue weighted by Crippen LogP contribution is -2.65. The molecule has 2 aliphatic rings. The molecule has 1 aromatic rings. The predicted molar refractivity (Wildman–Crippen MR) is 106 cm³/mol. The molecular weight excluding hydrogens is 396 g/mol. The molecule has 30 heavy (non-hydrogen) atoms. The van der Waals surface area contributed by atoms with Gasteiger partial charge in [-0.1, -0.05) is 26.0 Å². The van der Waals surface area contributed by atoms with Crippen molar-refractivity contribution < 1.29 is 28.3 Å². The number of carboxylic acid groups (broad SMARTS) is 1. The summed E-state index contributed by atoms with van der Waals surface area (Å²) in [6.07, 6.45) is -1.11. The third kappa shape index (κ3) is 3.66. The molecule has 1 N–H and O–H groups in total. The minimum absolute atomic E-state index is 0.00830. The lowest BCUT2D eigenvalue weighted by Gasteiger charge is -2.50. The number of amides is 3. The number of likely N-dealkylation sites (tertiary alicyclic amines) is 1. The van der Waals surface area contributed by atoms with Crippen LogP contribution in [0.2, 0.25) is 0 Å². The lowest BCUT2D eigenvalue weighted by molar-refractivity contribution is -0.180. The zero-order chi connectivity index (χ0) is 22.4. The summed E-state index contributed by atoms with van der Waals surface area (Å²) < 4.78 is 30.8. The van der Waals surface area contributed by atoms with Crippen molar-refractivity contribution in [3.8, 4) is 0 Å². The number of hydrogen-bond acceptors (Lipinski definition) is 4. The molecule has 1 aromatic carbocycles. The van der Waals surface area contributed by atoms with Crippen molar-refractivity contribution in [2.75, 3.05) is 33.7 Å². The van der Waals surface area contributed by atoms with Gasteiger partial charge in [0.05, 0.1) is 17.2 Å². The first-order valence-electron chi connectivity index (χ1n) is 9.85. The largest absolute Gasteiger partial charge is 0.465 e. The van der Waals surface area contributed by atoms with Crippen LogP contribution in [-0.4, -0.2) is 83.4 Å². The first kappa shape index (κ1) is 22.1. The van der Waals surface area contributed by atoms with Crippen molar-refractivity contribution in [1.82, 2.24) is 14.7 Å². The molecule has 2 aliphatic heterocycles. The summed E-state index contributed by atoms with van der Waals surface area (Å²) >= 11 is 0. The summed E-state index contributed by atoms with van der Waals surface area (Å²) in [5.41, 5.74) is -0.401. The average Bonchev–Trinajstić information content (AvgIpc) is 2.89. The smallest absolute Gasteiger partial charge is 0.407 e. The van der Waals surface area contributed by atoms with Gasteiger partial charge in [0, 0.05) is 25.6 Å². The predicted octanol–water partition coefficient (Wildman–Crippen LogP) is 2.87. The van der Waals surface area contributed by atoms with Gasteiger partial charge in [-0.2, -0.15) is 0 Å². The minimum Gasteiger partial charge on any atom is -0.465 e. The molecule has 0 radical (unpaired) electrons. The molecular formula is C21H27F2N3O4. The third-order valence-corrected chi connectivity index (χ3v) is 6.40. The van der Waals surface area contributed by atoms with Crippen molar-refractivity contribution in [3.63, 3.8) is 0 Å². The number of nitrogens with zero attached hydrogens (tertiary/aromatic N) is 3. The van der Waals surface area contributed by atoms with Gasteiger partial charge in [-0.05, 0) is 38.1 Å². The van der Waals surface area contributed by atoms with Gasteiger partial charge in [-0.15, -0.1) is 0 Å². The Kier molecular flexibility index (Phi) is 5.62. The maximum absolute atomic E-state index is 15.4. The van der Waals surface area contributed by atoms with Gasteiger partial charge in [0.15, 0.2) is 0 Å². The molecule has 2 atom stereocenters. The molecule has 2 heterocycles. The zero-order valence-electron chi connectivity index (χ0n) is 17.6. The SMILES string of the molecule is CN(C)C1CN(C(=O)O)CC(C(C)(C)CCN2C(=O)c3ccccc3C2=O)C1(F)F. The highest BCUT2D eigenvalue weighted by Crippen LogP contribution is 2.47. The van der Waals surface area contributed by atoms with Gasteiger partial charge in [-0.25, -0.2) is 13.6 Å². The number of fused-ring (bicyclic) bond motifs is 1. The van der Waals surface area contributed by atoms with Crippen LogP contribution in [0.25, 0.3) is 0 Å². The van der Waals surface area contributed by atoms with E-state index in [4.69, 9.17) is 0 Å². The van der Waals surface area contributed by atoms with Crippen LogP contribution in [0.1, 0.15) is 41.0 Å². The summed E-state index contributed by atoms with van der Waals surface area (Å²) in [6, 6.07) is 5.22. The molecule has 164 valence electrons. The Labute approximate surface area is 174 Å². The van der Waals surface area contributed by atoms with Crippen molar-refractivity contribution in [3.05, 3.63) is 35.4 Å². The summed E-state index contributed by atoms with van der Waals surface area (Å²) in [5, 5.41) is 9.43. The van der Waals surface area contributed by atoms with E-state index in [-0.39, 0.29) is 26.1 Å².